The first-order chi connectivity index (χ1) is 12.1. The molecule has 2 aromatic heterocycles. The highest BCUT2D eigenvalue weighted by Gasteiger charge is 2.27. The Morgan fingerprint density at radius 3 is 1.40 bits per heavy atom. The molecule has 6 nitrogen and oxygen atoms in total. The smallest absolute Gasteiger partial charge is 0.352 e. The lowest BCUT2D eigenvalue weighted by Crippen LogP contribution is -2.07. The van der Waals surface area contributed by atoms with Crippen LogP contribution in [0.25, 0.3) is 0 Å². The van der Waals surface area contributed by atoms with E-state index >= 15 is 0 Å². The van der Waals surface area contributed by atoms with Crippen LogP contribution < -0.4 is 0 Å². The number of hydrogen-bond acceptors (Lipinski definition) is 2. The van der Waals surface area contributed by atoms with Gasteiger partial charge in [0.05, 0.1) is 0 Å². The molecular formula is C19H22N2O4. The number of H-pyrrole nitrogens is 2. The molecule has 4 N–H and O–H groups in total. The monoisotopic (exact) mass is 342 g/mol. The van der Waals surface area contributed by atoms with Crippen LogP contribution in [0.5, 0.6) is 0 Å². The molecule has 0 bridgehead atoms. The summed E-state index contributed by atoms with van der Waals surface area (Å²) in [4.78, 5) is 29.3. The second-order valence-corrected chi connectivity index (χ2v) is 7.07. The van der Waals surface area contributed by atoms with Crippen molar-refractivity contribution in [3.63, 3.8) is 0 Å². The van der Waals surface area contributed by atoms with Crippen molar-refractivity contribution < 1.29 is 19.8 Å². The Morgan fingerprint density at radius 1 is 0.680 bits per heavy atom. The molecule has 0 spiro atoms. The molecule has 0 unspecified atom stereocenters. The molecule has 0 saturated heterocycles. The molecule has 25 heavy (non-hydrogen) atoms. The van der Waals surface area contributed by atoms with Gasteiger partial charge in [0.1, 0.15) is 11.4 Å². The van der Waals surface area contributed by atoms with E-state index in [1.54, 1.807) is 0 Å². The minimum absolute atomic E-state index is 0.309. The Labute approximate surface area is 145 Å². The fourth-order valence-corrected chi connectivity index (χ4v) is 4.48. The number of hydrogen-bond donors (Lipinski definition) is 4. The van der Waals surface area contributed by atoms with Gasteiger partial charge in [0.15, 0.2) is 0 Å². The third-order valence-electron chi connectivity index (χ3n) is 5.60. The van der Waals surface area contributed by atoms with Gasteiger partial charge < -0.3 is 20.2 Å². The molecule has 0 aliphatic heterocycles. The molecule has 2 heterocycles. The number of carbonyl (C=O) groups is 2. The molecule has 2 aliphatic carbocycles. The van der Waals surface area contributed by atoms with Gasteiger partial charge in [-0.3, -0.25) is 0 Å². The van der Waals surface area contributed by atoms with Gasteiger partial charge >= 0.3 is 11.9 Å². The van der Waals surface area contributed by atoms with Crippen molar-refractivity contribution in [3.05, 3.63) is 45.0 Å². The van der Waals surface area contributed by atoms with Crippen LogP contribution in [-0.4, -0.2) is 32.1 Å². The summed E-state index contributed by atoms with van der Waals surface area (Å²) in [6.07, 6.45) is 8.11. The van der Waals surface area contributed by atoms with Crippen molar-refractivity contribution in [1.29, 1.82) is 0 Å². The minimum atomic E-state index is -0.913. The van der Waals surface area contributed by atoms with E-state index in [2.05, 4.69) is 9.97 Å². The Kier molecular flexibility index (Phi) is 3.90. The SMILES string of the molecule is O=C(O)c1[nH]c(Cc2[nH]c(C(=O)O)c3c2CCCC3)c2c1CCCC2. The summed E-state index contributed by atoms with van der Waals surface area (Å²) >= 11 is 0. The van der Waals surface area contributed by atoms with Crippen molar-refractivity contribution in [2.24, 2.45) is 0 Å². The lowest BCUT2D eigenvalue weighted by molar-refractivity contribution is 0.0679. The highest BCUT2D eigenvalue weighted by molar-refractivity contribution is 5.89. The van der Waals surface area contributed by atoms with Gasteiger partial charge in [-0.05, 0) is 73.6 Å². The fraction of sp³-hybridized carbons (Fsp3) is 0.474. The van der Waals surface area contributed by atoms with Crippen LogP contribution in [0.15, 0.2) is 0 Å². The fourth-order valence-electron chi connectivity index (χ4n) is 4.48. The Hall–Kier alpha value is -2.50. The molecule has 132 valence electrons. The summed E-state index contributed by atoms with van der Waals surface area (Å²) in [7, 11) is 0. The first-order valence-corrected chi connectivity index (χ1v) is 8.98. The predicted octanol–water partition coefficient (Wildman–Crippen LogP) is 3.09. The molecule has 0 saturated carbocycles. The van der Waals surface area contributed by atoms with Gasteiger partial charge in [-0.2, -0.15) is 0 Å². The van der Waals surface area contributed by atoms with Crippen molar-refractivity contribution in [1.82, 2.24) is 9.97 Å². The number of carboxylic acid groups (broad SMARTS) is 2. The van der Waals surface area contributed by atoms with E-state index in [1.165, 1.54) is 0 Å². The standard InChI is InChI=1S/C19H22N2O4/c22-18(23)16-12-7-3-1-5-10(12)14(20-16)9-15-11-6-2-4-8-13(11)17(21-15)19(24)25/h20-21H,1-9H2,(H,22,23)(H,24,25). The lowest BCUT2D eigenvalue weighted by atomic mass is 9.89. The second kappa shape index (κ2) is 6.10. The zero-order valence-electron chi connectivity index (χ0n) is 14.1. The highest BCUT2D eigenvalue weighted by Crippen LogP contribution is 2.33. The summed E-state index contributed by atoms with van der Waals surface area (Å²) in [6.45, 7) is 0. The van der Waals surface area contributed by atoms with Crippen LogP contribution in [-0.2, 0) is 32.1 Å². The second-order valence-electron chi connectivity index (χ2n) is 7.07. The summed E-state index contributed by atoms with van der Waals surface area (Å²) in [5.74, 6) is -1.83. The van der Waals surface area contributed by atoms with Gasteiger partial charge in [0, 0.05) is 17.8 Å². The number of aromatic nitrogens is 2. The maximum atomic E-state index is 11.5. The van der Waals surface area contributed by atoms with Crippen molar-refractivity contribution in [3.8, 4) is 0 Å². The van der Waals surface area contributed by atoms with Crippen LogP contribution in [0.3, 0.4) is 0 Å². The number of carboxylic acids is 2. The molecule has 2 aromatic rings. The average molecular weight is 342 g/mol. The van der Waals surface area contributed by atoms with Crippen LogP contribution in [0.1, 0.15) is 80.3 Å². The Bertz CT molecular complexity index is 789. The molecule has 0 amide bonds. The minimum Gasteiger partial charge on any atom is -0.477 e. The normalized spacial score (nSPS) is 16.3. The van der Waals surface area contributed by atoms with E-state index in [9.17, 15) is 19.8 Å². The Morgan fingerprint density at radius 2 is 1.04 bits per heavy atom. The van der Waals surface area contributed by atoms with Crippen LogP contribution >= 0.6 is 0 Å². The summed E-state index contributed by atoms with van der Waals surface area (Å²) in [5.41, 5.74) is 6.60. The van der Waals surface area contributed by atoms with E-state index in [0.717, 1.165) is 85.0 Å². The largest absolute Gasteiger partial charge is 0.477 e. The molecule has 0 atom stereocenters. The van der Waals surface area contributed by atoms with Gasteiger partial charge in [-0.25, -0.2) is 9.59 Å². The lowest BCUT2D eigenvalue weighted by Gasteiger charge is -2.15. The van der Waals surface area contributed by atoms with Gasteiger partial charge in [-0.15, -0.1) is 0 Å². The van der Waals surface area contributed by atoms with E-state index in [-0.39, 0.29) is 0 Å². The first-order valence-electron chi connectivity index (χ1n) is 8.98. The zero-order valence-corrected chi connectivity index (χ0v) is 14.1. The summed E-state index contributed by atoms with van der Waals surface area (Å²) in [5, 5.41) is 18.9. The average Bonchev–Trinajstić information content (AvgIpc) is 3.15. The van der Waals surface area contributed by atoms with Crippen molar-refractivity contribution >= 4 is 11.9 Å². The molecule has 0 radical (unpaired) electrons. The Balaban J connectivity index is 1.76. The third kappa shape index (κ3) is 2.65. The maximum Gasteiger partial charge on any atom is 0.352 e. The highest BCUT2D eigenvalue weighted by atomic mass is 16.4. The maximum absolute atomic E-state index is 11.5. The van der Waals surface area contributed by atoms with E-state index in [1.807, 2.05) is 0 Å². The molecule has 0 fully saturated rings. The number of aromatic amines is 2. The number of rotatable bonds is 4. The number of aromatic carboxylic acids is 2. The molecule has 4 rings (SSSR count). The number of fused-ring (bicyclic) bond motifs is 2. The van der Waals surface area contributed by atoms with E-state index in [4.69, 9.17) is 0 Å². The van der Waals surface area contributed by atoms with Crippen molar-refractivity contribution in [2.75, 3.05) is 0 Å². The quantitative estimate of drug-likeness (QED) is 0.685. The predicted molar refractivity (Wildman–Crippen MR) is 91.6 cm³/mol. The van der Waals surface area contributed by atoms with Crippen LogP contribution in [0.4, 0.5) is 0 Å². The zero-order chi connectivity index (χ0) is 17.6. The van der Waals surface area contributed by atoms with E-state index < -0.39 is 11.9 Å². The van der Waals surface area contributed by atoms with Crippen molar-refractivity contribution in [2.45, 2.75) is 57.8 Å². The first kappa shape index (κ1) is 16.0. The molecule has 0 aromatic carbocycles. The molecule has 6 heteroatoms. The van der Waals surface area contributed by atoms with Crippen LogP contribution in [0.2, 0.25) is 0 Å². The van der Waals surface area contributed by atoms with Gasteiger partial charge in [-0.1, -0.05) is 0 Å². The topological polar surface area (TPSA) is 106 Å². The van der Waals surface area contributed by atoms with Crippen LogP contribution in [0, 0.1) is 0 Å². The molecular weight excluding hydrogens is 320 g/mol. The van der Waals surface area contributed by atoms with Gasteiger partial charge in [0.2, 0.25) is 0 Å². The van der Waals surface area contributed by atoms with Gasteiger partial charge in [0.25, 0.3) is 0 Å². The summed E-state index contributed by atoms with van der Waals surface area (Å²) in [6, 6.07) is 0. The summed E-state index contributed by atoms with van der Waals surface area (Å²) < 4.78 is 0. The molecule has 2 aliphatic rings. The third-order valence-corrected chi connectivity index (χ3v) is 5.60. The number of nitrogens with one attached hydrogen (secondary N) is 2. The van der Waals surface area contributed by atoms with E-state index in [0.29, 0.717) is 17.8 Å².